The number of anilines is 3. The molecule has 0 aliphatic carbocycles. The Morgan fingerprint density at radius 3 is 1.87 bits per heavy atom. The molecule has 0 spiro atoms. The third kappa shape index (κ3) is 6.61. The number of hydrogen-bond donors (Lipinski definition) is 1. The van der Waals surface area contributed by atoms with E-state index in [0.29, 0.717) is 43.3 Å². The van der Waals surface area contributed by atoms with E-state index in [4.69, 9.17) is 9.47 Å². The first kappa shape index (κ1) is 27.8. The topological polar surface area (TPSA) is 108 Å². The van der Waals surface area contributed by atoms with Crippen LogP contribution < -0.4 is 24.0 Å². The minimum absolute atomic E-state index is 0.00421. The maximum absolute atomic E-state index is 13.7. The summed E-state index contributed by atoms with van der Waals surface area (Å²) in [6.07, 6.45) is 0. The van der Waals surface area contributed by atoms with Gasteiger partial charge in [-0.3, -0.25) is 13.9 Å². The van der Waals surface area contributed by atoms with E-state index in [9.17, 15) is 18.0 Å². The second-order valence-corrected chi connectivity index (χ2v) is 10.8. The SMILES string of the molecule is COc1ccc(N2CCN(C(=O)CN(c3ccc(OC)cc3)S(=O)(=O)c3ccc(NC(C)=O)cc3)CC2)cc1. The fourth-order valence-corrected chi connectivity index (χ4v) is 5.75. The first-order valence-electron chi connectivity index (χ1n) is 12.4. The molecule has 11 heteroatoms. The summed E-state index contributed by atoms with van der Waals surface area (Å²) in [5.74, 6) is 0.788. The van der Waals surface area contributed by atoms with Gasteiger partial charge in [0, 0.05) is 44.5 Å². The smallest absolute Gasteiger partial charge is 0.264 e. The molecule has 1 saturated heterocycles. The van der Waals surface area contributed by atoms with Crippen LogP contribution in [0.25, 0.3) is 0 Å². The molecule has 1 heterocycles. The number of methoxy groups -OCH3 is 2. The van der Waals surface area contributed by atoms with Crippen LogP contribution in [0.15, 0.2) is 77.7 Å². The first-order chi connectivity index (χ1) is 18.7. The van der Waals surface area contributed by atoms with Crippen LogP contribution >= 0.6 is 0 Å². The van der Waals surface area contributed by atoms with E-state index in [2.05, 4.69) is 10.2 Å². The molecule has 3 aromatic carbocycles. The average molecular weight is 553 g/mol. The standard InChI is InChI=1S/C28H32N4O6S/c1-21(33)29-22-4-14-27(15-5-22)39(35,36)32(24-8-12-26(38-3)13-9-24)20-28(34)31-18-16-30(17-19-31)23-6-10-25(37-2)11-7-23/h4-15H,16-20H2,1-3H3,(H,29,33). The molecule has 0 aromatic heterocycles. The summed E-state index contributed by atoms with van der Waals surface area (Å²) in [6, 6.07) is 20.1. The van der Waals surface area contributed by atoms with E-state index in [0.717, 1.165) is 15.7 Å². The van der Waals surface area contributed by atoms with E-state index < -0.39 is 10.0 Å². The molecule has 39 heavy (non-hydrogen) atoms. The highest BCUT2D eigenvalue weighted by molar-refractivity contribution is 7.92. The van der Waals surface area contributed by atoms with E-state index >= 15 is 0 Å². The third-order valence-corrected chi connectivity index (χ3v) is 8.26. The van der Waals surface area contributed by atoms with Crippen LogP contribution in [0.1, 0.15) is 6.92 Å². The Morgan fingerprint density at radius 2 is 1.36 bits per heavy atom. The van der Waals surface area contributed by atoms with Crippen LogP contribution in [0.4, 0.5) is 17.1 Å². The van der Waals surface area contributed by atoms with Crippen molar-refractivity contribution in [3.05, 3.63) is 72.8 Å². The maximum atomic E-state index is 13.7. The lowest BCUT2D eigenvalue weighted by atomic mass is 10.2. The monoisotopic (exact) mass is 552 g/mol. The van der Waals surface area contributed by atoms with Crippen LogP contribution in [0.2, 0.25) is 0 Å². The van der Waals surface area contributed by atoms with E-state index in [1.165, 1.54) is 38.3 Å². The summed E-state index contributed by atoms with van der Waals surface area (Å²) < 4.78 is 39.0. The van der Waals surface area contributed by atoms with Crippen molar-refractivity contribution in [1.29, 1.82) is 0 Å². The molecular formula is C28H32N4O6S. The van der Waals surface area contributed by atoms with Crippen LogP contribution in [0.3, 0.4) is 0 Å². The van der Waals surface area contributed by atoms with E-state index in [-0.39, 0.29) is 23.3 Å². The van der Waals surface area contributed by atoms with Crippen LogP contribution in [0.5, 0.6) is 11.5 Å². The van der Waals surface area contributed by atoms with E-state index in [1.54, 1.807) is 36.3 Å². The fraction of sp³-hybridized carbons (Fsp3) is 0.286. The quantitative estimate of drug-likeness (QED) is 0.434. The van der Waals surface area contributed by atoms with Gasteiger partial charge in [0.05, 0.1) is 24.8 Å². The van der Waals surface area contributed by atoms with Gasteiger partial charge in [0.2, 0.25) is 11.8 Å². The Kier molecular flexibility index (Phi) is 8.60. The number of carbonyl (C=O) groups is 2. The average Bonchev–Trinajstić information content (AvgIpc) is 2.96. The van der Waals surface area contributed by atoms with Crippen molar-refractivity contribution in [2.75, 3.05) is 61.5 Å². The lowest BCUT2D eigenvalue weighted by molar-refractivity contribution is -0.129. The molecule has 0 atom stereocenters. The first-order valence-corrected chi connectivity index (χ1v) is 13.9. The minimum Gasteiger partial charge on any atom is -0.497 e. The van der Waals surface area contributed by atoms with Gasteiger partial charge in [0.25, 0.3) is 10.0 Å². The summed E-state index contributed by atoms with van der Waals surface area (Å²) in [7, 11) is -0.959. The van der Waals surface area contributed by atoms with Gasteiger partial charge in [0.1, 0.15) is 18.0 Å². The number of amides is 2. The molecule has 1 fully saturated rings. The van der Waals surface area contributed by atoms with Crippen LogP contribution in [-0.2, 0) is 19.6 Å². The highest BCUT2D eigenvalue weighted by Crippen LogP contribution is 2.27. The number of ether oxygens (including phenoxy) is 2. The van der Waals surface area contributed by atoms with Crippen molar-refractivity contribution in [2.45, 2.75) is 11.8 Å². The number of piperazine rings is 1. The number of sulfonamides is 1. The van der Waals surface area contributed by atoms with Gasteiger partial charge in [-0.05, 0) is 72.8 Å². The number of nitrogens with zero attached hydrogens (tertiary/aromatic N) is 3. The summed E-state index contributed by atoms with van der Waals surface area (Å²) in [6.45, 7) is 3.19. The Labute approximate surface area is 228 Å². The molecule has 0 saturated carbocycles. The normalized spacial score (nSPS) is 13.5. The van der Waals surface area contributed by atoms with Crippen LogP contribution in [-0.4, -0.2) is 72.1 Å². The predicted octanol–water partition coefficient (Wildman–Crippen LogP) is 3.21. The Hall–Kier alpha value is -4.25. The predicted molar refractivity (Wildman–Crippen MR) is 150 cm³/mol. The van der Waals surface area contributed by atoms with E-state index in [1.807, 2.05) is 24.3 Å². The minimum atomic E-state index is -4.10. The van der Waals surface area contributed by atoms with Crippen molar-refractivity contribution in [1.82, 2.24) is 4.90 Å². The van der Waals surface area contributed by atoms with Gasteiger partial charge in [-0.25, -0.2) is 8.42 Å². The van der Waals surface area contributed by atoms with Crippen molar-refractivity contribution in [3.63, 3.8) is 0 Å². The van der Waals surface area contributed by atoms with Gasteiger partial charge >= 0.3 is 0 Å². The molecule has 3 aromatic rings. The number of benzene rings is 3. The summed E-state index contributed by atoms with van der Waals surface area (Å²) in [4.78, 5) is 28.6. The zero-order valence-corrected chi connectivity index (χ0v) is 23.0. The number of nitrogens with one attached hydrogen (secondary N) is 1. The second-order valence-electron chi connectivity index (χ2n) is 8.98. The lowest BCUT2D eigenvalue weighted by Crippen LogP contribution is -2.52. The molecule has 1 aliphatic heterocycles. The maximum Gasteiger partial charge on any atom is 0.264 e. The molecule has 206 valence electrons. The number of hydrogen-bond acceptors (Lipinski definition) is 7. The molecule has 4 rings (SSSR count). The van der Waals surface area contributed by atoms with Gasteiger partial charge in [-0.1, -0.05) is 0 Å². The summed E-state index contributed by atoms with van der Waals surface area (Å²) in [5, 5.41) is 2.62. The Bertz CT molecular complexity index is 1390. The second kappa shape index (κ2) is 12.1. The molecular weight excluding hydrogens is 520 g/mol. The van der Waals surface area contributed by atoms with Crippen molar-refractivity contribution < 1.29 is 27.5 Å². The summed E-state index contributed by atoms with van der Waals surface area (Å²) in [5.41, 5.74) is 1.85. The zero-order chi connectivity index (χ0) is 28.0. The fourth-order valence-electron chi connectivity index (χ4n) is 4.33. The molecule has 0 unspecified atom stereocenters. The van der Waals surface area contributed by atoms with Crippen molar-refractivity contribution >= 4 is 38.9 Å². The highest BCUT2D eigenvalue weighted by Gasteiger charge is 2.30. The van der Waals surface area contributed by atoms with Gasteiger partial charge in [-0.2, -0.15) is 0 Å². The van der Waals surface area contributed by atoms with Gasteiger partial charge in [0.15, 0.2) is 0 Å². The molecule has 1 N–H and O–H groups in total. The largest absolute Gasteiger partial charge is 0.497 e. The molecule has 10 nitrogen and oxygen atoms in total. The molecule has 2 amide bonds. The number of rotatable bonds is 9. The Morgan fingerprint density at radius 1 is 0.821 bits per heavy atom. The zero-order valence-electron chi connectivity index (χ0n) is 22.2. The molecule has 0 radical (unpaired) electrons. The van der Waals surface area contributed by atoms with Crippen molar-refractivity contribution in [2.24, 2.45) is 0 Å². The Balaban J connectivity index is 1.52. The molecule has 1 aliphatic rings. The van der Waals surface area contributed by atoms with Gasteiger partial charge < -0.3 is 24.6 Å². The highest BCUT2D eigenvalue weighted by atomic mass is 32.2. The van der Waals surface area contributed by atoms with Crippen LogP contribution in [0, 0.1) is 0 Å². The molecule has 0 bridgehead atoms. The number of carbonyl (C=O) groups excluding carboxylic acids is 2. The van der Waals surface area contributed by atoms with Gasteiger partial charge in [-0.15, -0.1) is 0 Å². The third-order valence-electron chi connectivity index (χ3n) is 6.47. The van der Waals surface area contributed by atoms with Crippen molar-refractivity contribution in [3.8, 4) is 11.5 Å². The summed E-state index contributed by atoms with van der Waals surface area (Å²) >= 11 is 0. The lowest BCUT2D eigenvalue weighted by Gasteiger charge is -2.37.